The lowest BCUT2D eigenvalue weighted by molar-refractivity contribution is 0.237. The van der Waals surface area contributed by atoms with E-state index in [4.69, 9.17) is 8.94 Å². The zero-order chi connectivity index (χ0) is 16.4. The van der Waals surface area contributed by atoms with Gasteiger partial charge in [0.25, 0.3) is 0 Å². The first-order valence-corrected chi connectivity index (χ1v) is 7.68. The first kappa shape index (κ1) is 15.5. The highest BCUT2D eigenvalue weighted by Gasteiger charge is 2.18. The van der Waals surface area contributed by atoms with Crippen LogP contribution in [0.15, 0.2) is 45.5 Å². The highest BCUT2D eigenvalue weighted by Crippen LogP contribution is 2.25. The van der Waals surface area contributed by atoms with Gasteiger partial charge in [0.05, 0.1) is 11.7 Å². The monoisotopic (exact) mass is 311 g/mol. The quantitative estimate of drug-likeness (QED) is 0.709. The topological polar surface area (TPSA) is 55.3 Å². The van der Waals surface area contributed by atoms with E-state index in [-0.39, 0.29) is 6.04 Å². The minimum atomic E-state index is 0.146. The molecule has 0 aliphatic rings. The summed E-state index contributed by atoms with van der Waals surface area (Å²) in [6, 6.07) is 10.2. The Labute approximate surface area is 135 Å². The second-order valence-corrected chi connectivity index (χ2v) is 5.91. The van der Waals surface area contributed by atoms with Gasteiger partial charge in [0, 0.05) is 18.2 Å². The fourth-order valence-corrected chi connectivity index (χ4v) is 2.51. The van der Waals surface area contributed by atoms with Crippen LogP contribution < -0.4 is 0 Å². The third-order valence-corrected chi connectivity index (χ3v) is 4.10. The third-order valence-electron chi connectivity index (χ3n) is 4.10. The van der Waals surface area contributed by atoms with Gasteiger partial charge in [0.2, 0.25) is 5.89 Å². The lowest BCUT2D eigenvalue weighted by Crippen LogP contribution is -2.22. The van der Waals surface area contributed by atoms with Gasteiger partial charge in [-0.25, -0.2) is 4.98 Å². The van der Waals surface area contributed by atoms with Crippen molar-refractivity contribution >= 4 is 0 Å². The van der Waals surface area contributed by atoms with Crippen LogP contribution in [-0.2, 0) is 6.54 Å². The zero-order valence-electron chi connectivity index (χ0n) is 13.9. The van der Waals surface area contributed by atoms with Gasteiger partial charge in [-0.2, -0.15) is 0 Å². The van der Waals surface area contributed by atoms with Gasteiger partial charge in [-0.05, 0) is 40.0 Å². The van der Waals surface area contributed by atoms with Crippen molar-refractivity contribution in [2.45, 2.75) is 33.4 Å². The molecule has 0 aliphatic heterocycles. The Bertz CT molecular complexity index is 777. The number of aryl methyl sites for hydroxylation is 2. The summed E-state index contributed by atoms with van der Waals surface area (Å²) in [5.41, 5.74) is 4.05. The Hall–Kier alpha value is -2.40. The minimum absolute atomic E-state index is 0.146. The molecule has 3 aromatic rings. The lowest BCUT2D eigenvalue weighted by Gasteiger charge is -2.21. The van der Waals surface area contributed by atoms with Gasteiger partial charge < -0.3 is 8.94 Å². The Kier molecular flexibility index (Phi) is 4.30. The van der Waals surface area contributed by atoms with Gasteiger partial charge in [-0.3, -0.25) is 4.90 Å². The van der Waals surface area contributed by atoms with Crippen molar-refractivity contribution in [3.63, 3.8) is 0 Å². The minimum Gasteiger partial charge on any atom is -0.441 e. The molecule has 1 atom stereocenters. The Morgan fingerprint density at radius 2 is 2.04 bits per heavy atom. The molecule has 2 aromatic heterocycles. The fourth-order valence-electron chi connectivity index (χ4n) is 2.51. The van der Waals surface area contributed by atoms with Gasteiger partial charge >= 0.3 is 0 Å². The highest BCUT2D eigenvalue weighted by atomic mass is 16.5. The molecule has 0 aliphatic carbocycles. The van der Waals surface area contributed by atoms with Crippen molar-refractivity contribution in [3.8, 4) is 11.5 Å². The molecule has 0 radical (unpaired) electrons. The molecule has 0 saturated heterocycles. The van der Waals surface area contributed by atoms with E-state index in [1.165, 1.54) is 5.56 Å². The van der Waals surface area contributed by atoms with Crippen molar-refractivity contribution in [3.05, 3.63) is 59.3 Å². The van der Waals surface area contributed by atoms with Crippen molar-refractivity contribution < 1.29 is 8.94 Å². The van der Waals surface area contributed by atoms with Crippen LogP contribution in [0.25, 0.3) is 11.5 Å². The second kappa shape index (κ2) is 6.38. The van der Waals surface area contributed by atoms with E-state index in [2.05, 4.69) is 41.0 Å². The molecule has 0 bridgehead atoms. The Morgan fingerprint density at radius 1 is 1.22 bits per heavy atom. The maximum absolute atomic E-state index is 5.86. The molecule has 2 heterocycles. The predicted molar refractivity (Wildman–Crippen MR) is 87.8 cm³/mol. The summed E-state index contributed by atoms with van der Waals surface area (Å²) in [6.45, 7) is 6.80. The second-order valence-electron chi connectivity index (χ2n) is 5.91. The normalized spacial score (nSPS) is 12.7. The van der Waals surface area contributed by atoms with Crippen LogP contribution >= 0.6 is 0 Å². The van der Waals surface area contributed by atoms with Crippen LogP contribution in [-0.4, -0.2) is 22.1 Å². The van der Waals surface area contributed by atoms with Crippen molar-refractivity contribution in [2.75, 3.05) is 7.05 Å². The van der Waals surface area contributed by atoms with E-state index >= 15 is 0 Å². The molecule has 120 valence electrons. The van der Waals surface area contributed by atoms with Crippen molar-refractivity contribution in [1.82, 2.24) is 15.0 Å². The van der Waals surface area contributed by atoms with Crippen LogP contribution in [0.5, 0.6) is 0 Å². The summed E-state index contributed by atoms with van der Waals surface area (Å²) in [4.78, 5) is 6.84. The molecule has 0 spiro atoms. The number of hydrogen-bond donors (Lipinski definition) is 0. The van der Waals surface area contributed by atoms with E-state index in [1.807, 2.05) is 32.2 Å². The maximum Gasteiger partial charge on any atom is 0.226 e. The van der Waals surface area contributed by atoms with Crippen LogP contribution in [0.4, 0.5) is 0 Å². The summed E-state index contributed by atoms with van der Waals surface area (Å²) in [5, 5.41) is 4.00. The first-order chi connectivity index (χ1) is 11.0. The van der Waals surface area contributed by atoms with Crippen LogP contribution in [0.2, 0.25) is 0 Å². The molecule has 3 rings (SSSR count). The zero-order valence-corrected chi connectivity index (χ0v) is 13.9. The molecule has 5 heteroatoms. The Balaban J connectivity index is 1.79. The van der Waals surface area contributed by atoms with Gasteiger partial charge in [0.15, 0.2) is 0 Å². The van der Waals surface area contributed by atoms with Crippen LogP contribution in [0, 0.1) is 13.8 Å². The average Bonchev–Trinajstić information content (AvgIpc) is 3.17. The van der Waals surface area contributed by atoms with E-state index in [9.17, 15) is 0 Å². The molecule has 0 N–H and O–H groups in total. The molecule has 23 heavy (non-hydrogen) atoms. The number of aromatic nitrogens is 2. The summed E-state index contributed by atoms with van der Waals surface area (Å²) in [6.07, 6.45) is 1.59. The first-order valence-electron chi connectivity index (χ1n) is 7.68. The fraction of sp³-hybridized carbons (Fsp3) is 0.333. The maximum atomic E-state index is 5.86. The summed E-state index contributed by atoms with van der Waals surface area (Å²) >= 11 is 0. The highest BCUT2D eigenvalue weighted by molar-refractivity contribution is 5.54. The predicted octanol–water partition coefficient (Wildman–Crippen LogP) is 4.14. The Morgan fingerprint density at radius 3 is 2.74 bits per heavy atom. The molecule has 0 unspecified atom stereocenters. The summed E-state index contributed by atoms with van der Waals surface area (Å²) in [7, 11) is 2.04. The number of oxazole rings is 1. The van der Waals surface area contributed by atoms with Crippen LogP contribution in [0.3, 0.4) is 0 Å². The summed E-state index contributed by atoms with van der Waals surface area (Å²) < 4.78 is 10.8. The van der Waals surface area contributed by atoms with E-state index in [0.717, 1.165) is 22.7 Å². The largest absolute Gasteiger partial charge is 0.441 e. The molecule has 0 saturated carbocycles. The van der Waals surface area contributed by atoms with Crippen LogP contribution in [0.1, 0.15) is 35.7 Å². The number of nitrogens with zero attached hydrogens (tertiary/aromatic N) is 3. The molecular formula is C18H21N3O2. The van der Waals surface area contributed by atoms with Gasteiger partial charge in [0.1, 0.15) is 17.7 Å². The molecule has 0 fully saturated rings. The number of rotatable bonds is 5. The smallest absolute Gasteiger partial charge is 0.226 e. The molecular weight excluding hydrogens is 290 g/mol. The standard InChI is InChI=1S/C18H21N3O2/c1-12-6-5-7-15(10-12)18-19-17(14(3)23-18)11-21(4)13(2)16-8-9-22-20-16/h5-10,13H,11H2,1-4H3/t13-/m0/s1. The van der Waals surface area contributed by atoms with Gasteiger partial charge in [-0.1, -0.05) is 22.9 Å². The number of benzene rings is 1. The lowest BCUT2D eigenvalue weighted by atomic mass is 10.1. The molecule has 0 amide bonds. The molecule has 5 nitrogen and oxygen atoms in total. The summed E-state index contributed by atoms with van der Waals surface area (Å²) in [5.74, 6) is 1.52. The van der Waals surface area contributed by atoms with E-state index in [1.54, 1.807) is 6.26 Å². The average molecular weight is 311 g/mol. The SMILES string of the molecule is Cc1cccc(-c2nc(CN(C)[C@@H](C)c3ccon3)c(C)o2)c1. The van der Waals surface area contributed by atoms with E-state index < -0.39 is 0 Å². The van der Waals surface area contributed by atoms with Crippen molar-refractivity contribution in [1.29, 1.82) is 0 Å². The number of hydrogen-bond acceptors (Lipinski definition) is 5. The van der Waals surface area contributed by atoms with Gasteiger partial charge in [-0.15, -0.1) is 0 Å². The molecule has 1 aromatic carbocycles. The third kappa shape index (κ3) is 3.35. The van der Waals surface area contributed by atoms with Crippen molar-refractivity contribution in [2.24, 2.45) is 0 Å². The van der Waals surface area contributed by atoms with E-state index in [0.29, 0.717) is 12.4 Å².